The molecule has 110 valence electrons. The van der Waals surface area contributed by atoms with E-state index >= 15 is 0 Å². The molecular formula is C15H21BrN2O2. The fourth-order valence-corrected chi connectivity index (χ4v) is 2.60. The molecule has 2 N–H and O–H groups in total. The van der Waals surface area contributed by atoms with Crippen LogP contribution >= 0.6 is 15.9 Å². The number of hydrogen-bond donors (Lipinski definition) is 1. The van der Waals surface area contributed by atoms with E-state index < -0.39 is 11.1 Å². The van der Waals surface area contributed by atoms with Crippen LogP contribution in [0.5, 0.6) is 0 Å². The van der Waals surface area contributed by atoms with Crippen molar-refractivity contribution in [2.45, 2.75) is 38.3 Å². The van der Waals surface area contributed by atoms with Gasteiger partial charge < -0.3 is 15.4 Å². The van der Waals surface area contributed by atoms with Crippen molar-refractivity contribution in [2.24, 2.45) is 5.73 Å². The number of nitrogens with zero attached hydrogens (tertiary/aromatic N) is 1. The summed E-state index contributed by atoms with van der Waals surface area (Å²) in [4.78, 5) is 13.8. The van der Waals surface area contributed by atoms with Crippen molar-refractivity contribution in [3.05, 3.63) is 34.3 Å². The minimum absolute atomic E-state index is 0.290. The number of benzene rings is 1. The van der Waals surface area contributed by atoms with Crippen LogP contribution < -0.4 is 5.73 Å². The lowest BCUT2D eigenvalue weighted by Crippen LogP contribution is -2.42. The van der Waals surface area contributed by atoms with E-state index in [2.05, 4.69) is 15.9 Å². The quantitative estimate of drug-likeness (QED) is 0.853. The zero-order valence-electron chi connectivity index (χ0n) is 12.1. The Balaban J connectivity index is 2.07. The first kappa shape index (κ1) is 15.3. The van der Waals surface area contributed by atoms with Crippen LogP contribution in [0.1, 0.15) is 32.8 Å². The molecule has 0 aliphatic carbocycles. The average Bonchev–Trinajstić information content (AvgIpc) is 2.72. The first-order valence-electron chi connectivity index (χ1n) is 6.72. The van der Waals surface area contributed by atoms with Gasteiger partial charge in [0.05, 0.1) is 5.54 Å². The maximum absolute atomic E-state index is 12.1. The third kappa shape index (κ3) is 3.52. The van der Waals surface area contributed by atoms with Crippen molar-refractivity contribution in [1.29, 1.82) is 0 Å². The first-order valence-corrected chi connectivity index (χ1v) is 7.52. The van der Waals surface area contributed by atoms with Gasteiger partial charge in [-0.3, -0.25) is 0 Å². The third-order valence-corrected chi connectivity index (χ3v) is 3.90. The van der Waals surface area contributed by atoms with Gasteiger partial charge in [-0.1, -0.05) is 28.1 Å². The van der Waals surface area contributed by atoms with Gasteiger partial charge >= 0.3 is 6.09 Å². The molecule has 1 saturated heterocycles. The standard InChI is InChI=1S/C15H21BrN2O2/c1-14(2,3)20-13(19)18-9-8-15(17,10-18)11-4-6-12(16)7-5-11/h4-7H,8-10,17H2,1-3H3. The van der Waals surface area contributed by atoms with Crippen LogP contribution in [0.25, 0.3) is 0 Å². The molecule has 1 unspecified atom stereocenters. The van der Waals surface area contributed by atoms with E-state index in [0.29, 0.717) is 13.1 Å². The van der Waals surface area contributed by atoms with Crippen molar-refractivity contribution < 1.29 is 9.53 Å². The monoisotopic (exact) mass is 340 g/mol. The summed E-state index contributed by atoms with van der Waals surface area (Å²) in [5.74, 6) is 0. The molecule has 4 nitrogen and oxygen atoms in total. The van der Waals surface area contributed by atoms with E-state index in [1.54, 1.807) is 4.90 Å². The van der Waals surface area contributed by atoms with E-state index in [9.17, 15) is 4.79 Å². The SMILES string of the molecule is CC(C)(C)OC(=O)N1CCC(N)(c2ccc(Br)cc2)C1. The summed E-state index contributed by atoms with van der Waals surface area (Å²) >= 11 is 3.41. The summed E-state index contributed by atoms with van der Waals surface area (Å²) in [6.07, 6.45) is 0.454. The second-order valence-corrected chi connectivity index (χ2v) is 7.23. The second kappa shape index (κ2) is 5.37. The summed E-state index contributed by atoms with van der Waals surface area (Å²) < 4.78 is 6.41. The van der Waals surface area contributed by atoms with Crippen LogP contribution in [0.15, 0.2) is 28.7 Å². The van der Waals surface area contributed by atoms with Crippen molar-refractivity contribution in [1.82, 2.24) is 4.90 Å². The minimum Gasteiger partial charge on any atom is -0.444 e. The van der Waals surface area contributed by atoms with Crippen molar-refractivity contribution in [3.8, 4) is 0 Å². The second-order valence-electron chi connectivity index (χ2n) is 6.31. The number of amides is 1. The van der Waals surface area contributed by atoms with Crippen LogP contribution in [-0.2, 0) is 10.3 Å². The first-order chi connectivity index (χ1) is 9.20. The Kier molecular flexibility index (Phi) is 4.12. The van der Waals surface area contributed by atoms with Gasteiger partial charge in [-0.25, -0.2) is 4.79 Å². The molecule has 1 heterocycles. The Morgan fingerprint density at radius 1 is 1.35 bits per heavy atom. The Morgan fingerprint density at radius 3 is 2.50 bits per heavy atom. The Hall–Kier alpha value is -1.07. The molecule has 0 spiro atoms. The highest BCUT2D eigenvalue weighted by molar-refractivity contribution is 9.10. The highest BCUT2D eigenvalue weighted by atomic mass is 79.9. The number of hydrogen-bond acceptors (Lipinski definition) is 3. The van der Waals surface area contributed by atoms with Crippen LogP contribution in [0.4, 0.5) is 4.79 Å². The lowest BCUT2D eigenvalue weighted by molar-refractivity contribution is 0.0284. The predicted molar refractivity (Wildman–Crippen MR) is 82.4 cm³/mol. The normalized spacial score (nSPS) is 22.9. The van der Waals surface area contributed by atoms with Crippen molar-refractivity contribution >= 4 is 22.0 Å². The average molecular weight is 341 g/mol. The maximum atomic E-state index is 12.1. The zero-order chi connectivity index (χ0) is 15.0. The highest BCUT2D eigenvalue weighted by Crippen LogP contribution is 2.31. The Labute approximate surface area is 128 Å². The topological polar surface area (TPSA) is 55.6 Å². The van der Waals surface area contributed by atoms with E-state index in [1.807, 2.05) is 45.0 Å². The van der Waals surface area contributed by atoms with Gasteiger partial charge in [-0.05, 0) is 44.9 Å². The van der Waals surface area contributed by atoms with Gasteiger partial charge in [-0.15, -0.1) is 0 Å². The number of carbonyl (C=O) groups excluding carboxylic acids is 1. The van der Waals surface area contributed by atoms with Gasteiger partial charge in [0.25, 0.3) is 0 Å². The molecule has 1 aliphatic heterocycles. The number of halogens is 1. The van der Waals surface area contributed by atoms with E-state index in [0.717, 1.165) is 16.5 Å². The summed E-state index contributed by atoms with van der Waals surface area (Å²) in [5, 5.41) is 0. The number of nitrogens with two attached hydrogens (primary N) is 1. The van der Waals surface area contributed by atoms with Crippen LogP contribution in [0.3, 0.4) is 0 Å². The molecular weight excluding hydrogens is 320 g/mol. The molecule has 0 saturated carbocycles. The van der Waals surface area contributed by atoms with Gasteiger partial charge in [0.15, 0.2) is 0 Å². The van der Waals surface area contributed by atoms with Gasteiger partial charge in [0.1, 0.15) is 5.60 Å². The summed E-state index contributed by atoms with van der Waals surface area (Å²) in [6, 6.07) is 7.95. The number of likely N-dealkylation sites (tertiary alicyclic amines) is 1. The molecule has 2 rings (SSSR count). The van der Waals surface area contributed by atoms with Crippen LogP contribution in [0.2, 0.25) is 0 Å². The smallest absolute Gasteiger partial charge is 0.410 e. The molecule has 0 bridgehead atoms. The molecule has 1 atom stereocenters. The molecule has 20 heavy (non-hydrogen) atoms. The Bertz CT molecular complexity index is 496. The molecule has 1 aromatic rings. The summed E-state index contributed by atoms with van der Waals surface area (Å²) in [5.41, 5.74) is 6.54. The summed E-state index contributed by atoms with van der Waals surface area (Å²) in [6.45, 7) is 6.72. The van der Waals surface area contributed by atoms with Crippen molar-refractivity contribution in [2.75, 3.05) is 13.1 Å². The van der Waals surface area contributed by atoms with E-state index in [1.165, 1.54) is 0 Å². The molecule has 5 heteroatoms. The van der Waals surface area contributed by atoms with Gasteiger partial charge in [-0.2, -0.15) is 0 Å². The lowest BCUT2D eigenvalue weighted by Gasteiger charge is -2.27. The largest absolute Gasteiger partial charge is 0.444 e. The lowest BCUT2D eigenvalue weighted by atomic mass is 9.90. The van der Waals surface area contributed by atoms with Gasteiger partial charge in [0.2, 0.25) is 0 Å². The number of rotatable bonds is 1. The Morgan fingerprint density at radius 2 is 1.95 bits per heavy atom. The fourth-order valence-electron chi connectivity index (χ4n) is 2.33. The molecule has 1 fully saturated rings. The molecule has 1 aromatic carbocycles. The van der Waals surface area contributed by atoms with Crippen molar-refractivity contribution in [3.63, 3.8) is 0 Å². The molecule has 1 amide bonds. The van der Waals surface area contributed by atoms with E-state index in [4.69, 9.17) is 10.5 Å². The molecule has 0 aromatic heterocycles. The molecule has 1 aliphatic rings. The molecule has 0 radical (unpaired) electrons. The van der Waals surface area contributed by atoms with Crippen LogP contribution in [-0.4, -0.2) is 29.7 Å². The predicted octanol–water partition coefficient (Wildman–Crippen LogP) is 3.24. The highest BCUT2D eigenvalue weighted by Gasteiger charge is 2.39. The van der Waals surface area contributed by atoms with E-state index in [-0.39, 0.29) is 6.09 Å². The number of ether oxygens (including phenoxy) is 1. The minimum atomic E-state index is -0.488. The third-order valence-electron chi connectivity index (χ3n) is 3.37. The van der Waals surface area contributed by atoms with Gasteiger partial charge in [0, 0.05) is 17.6 Å². The number of carbonyl (C=O) groups is 1. The van der Waals surface area contributed by atoms with Crippen LogP contribution in [0, 0.1) is 0 Å². The summed E-state index contributed by atoms with van der Waals surface area (Å²) in [7, 11) is 0. The fraction of sp³-hybridized carbons (Fsp3) is 0.533. The maximum Gasteiger partial charge on any atom is 0.410 e. The zero-order valence-corrected chi connectivity index (χ0v) is 13.7.